The van der Waals surface area contributed by atoms with Gasteiger partial charge in [0.25, 0.3) is 5.91 Å². The Balaban J connectivity index is 1.37. The molecule has 2 aliphatic rings. The summed E-state index contributed by atoms with van der Waals surface area (Å²) < 4.78 is 11.6. The van der Waals surface area contributed by atoms with Crippen LogP contribution < -0.4 is 20.1 Å². The first-order chi connectivity index (χ1) is 17.0. The number of rotatable bonds is 8. The molecule has 9 nitrogen and oxygen atoms in total. The van der Waals surface area contributed by atoms with Crippen LogP contribution in [0.3, 0.4) is 0 Å². The van der Waals surface area contributed by atoms with Crippen molar-refractivity contribution in [3.63, 3.8) is 0 Å². The minimum atomic E-state index is -0.167. The largest absolute Gasteiger partial charge is 0.497 e. The normalized spacial score (nSPS) is 19.8. The van der Waals surface area contributed by atoms with E-state index in [0.29, 0.717) is 40.6 Å². The number of amides is 2. The third-order valence-electron chi connectivity index (χ3n) is 6.79. The zero-order valence-electron chi connectivity index (χ0n) is 20.1. The Hall–Kier alpha value is -3.62. The summed E-state index contributed by atoms with van der Waals surface area (Å²) >= 11 is 0. The molecule has 0 saturated heterocycles. The van der Waals surface area contributed by atoms with E-state index in [0.717, 1.165) is 37.0 Å². The number of hydrogen-bond donors (Lipinski definition) is 3. The number of aromatic amines is 1. The first kappa shape index (κ1) is 23.1. The molecule has 2 fully saturated rings. The standard InChI is InChI=1S/C26H31N5O4/c1-15(32)30-17-5-7-18(8-6-17)31-26(33)21-12-27-25-23(28-14-29-24(21)25)20-11-19(34-2)9-10-22(20)35-13-16-3-4-16/h9-12,14,16-18,27H,3-8,13H2,1-2H3,(H,30,32)(H,31,33)/t17-,18+. The van der Waals surface area contributed by atoms with Gasteiger partial charge in [-0.25, -0.2) is 9.97 Å². The molecule has 2 aliphatic carbocycles. The second-order valence-corrected chi connectivity index (χ2v) is 9.49. The van der Waals surface area contributed by atoms with Crippen molar-refractivity contribution < 1.29 is 19.1 Å². The molecule has 0 bridgehead atoms. The molecular formula is C26H31N5O4. The molecule has 1 aromatic carbocycles. The topological polar surface area (TPSA) is 118 Å². The van der Waals surface area contributed by atoms with Gasteiger partial charge in [0.2, 0.25) is 5.91 Å². The second kappa shape index (κ2) is 9.93. The highest BCUT2D eigenvalue weighted by atomic mass is 16.5. The van der Waals surface area contributed by atoms with Gasteiger partial charge < -0.3 is 25.1 Å². The highest BCUT2D eigenvalue weighted by Gasteiger charge is 2.26. The molecule has 2 amide bonds. The van der Waals surface area contributed by atoms with Gasteiger partial charge in [-0.15, -0.1) is 0 Å². The quantitative estimate of drug-likeness (QED) is 0.456. The van der Waals surface area contributed by atoms with Gasteiger partial charge in [0, 0.05) is 30.8 Å². The Labute approximate surface area is 204 Å². The third-order valence-corrected chi connectivity index (χ3v) is 6.79. The number of fused-ring (bicyclic) bond motifs is 1. The third kappa shape index (κ3) is 5.23. The van der Waals surface area contributed by atoms with Gasteiger partial charge in [0.1, 0.15) is 29.0 Å². The van der Waals surface area contributed by atoms with Crippen LogP contribution >= 0.6 is 0 Å². The van der Waals surface area contributed by atoms with Crippen molar-refractivity contribution in [3.05, 3.63) is 36.3 Å². The van der Waals surface area contributed by atoms with Gasteiger partial charge in [-0.1, -0.05) is 0 Å². The molecule has 0 unspecified atom stereocenters. The number of benzene rings is 1. The molecule has 2 aromatic heterocycles. The Morgan fingerprint density at radius 1 is 1.06 bits per heavy atom. The molecule has 0 aliphatic heterocycles. The van der Waals surface area contributed by atoms with Gasteiger partial charge in [-0.3, -0.25) is 9.59 Å². The number of carbonyl (C=O) groups excluding carboxylic acids is 2. The fraction of sp³-hybridized carbons (Fsp3) is 0.462. The summed E-state index contributed by atoms with van der Waals surface area (Å²) in [6.45, 7) is 2.21. The van der Waals surface area contributed by atoms with Crippen LogP contribution in [0.25, 0.3) is 22.3 Å². The van der Waals surface area contributed by atoms with Crippen LogP contribution in [-0.4, -0.2) is 52.6 Å². The smallest absolute Gasteiger partial charge is 0.255 e. The van der Waals surface area contributed by atoms with Crippen LogP contribution in [0.1, 0.15) is 55.8 Å². The fourth-order valence-electron chi connectivity index (χ4n) is 4.69. The van der Waals surface area contributed by atoms with E-state index < -0.39 is 0 Å². The van der Waals surface area contributed by atoms with E-state index in [1.54, 1.807) is 13.3 Å². The molecule has 184 valence electrons. The summed E-state index contributed by atoms with van der Waals surface area (Å²) in [5.74, 6) is 1.87. The van der Waals surface area contributed by atoms with Crippen molar-refractivity contribution in [1.82, 2.24) is 25.6 Å². The second-order valence-electron chi connectivity index (χ2n) is 9.49. The summed E-state index contributed by atoms with van der Waals surface area (Å²) in [7, 11) is 1.63. The van der Waals surface area contributed by atoms with Gasteiger partial charge in [-0.05, 0) is 62.6 Å². The van der Waals surface area contributed by atoms with Crippen LogP contribution in [0.4, 0.5) is 0 Å². The zero-order valence-corrected chi connectivity index (χ0v) is 20.1. The molecule has 0 radical (unpaired) electrons. The molecule has 0 spiro atoms. The average molecular weight is 478 g/mol. The first-order valence-electron chi connectivity index (χ1n) is 12.2. The van der Waals surface area contributed by atoms with Crippen molar-refractivity contribution in [3.8, 4) is 22.8 Å². The molecule has 2 heterocycles. The van der Waals surface area contributed by atoms with Crippen molar-refractivity contribution in [2.75, 3.05) is 13.7 Å². The van der Waals surface area contributed by atoms with Crippen LogP contribution in [0.15, 0.2) is 30.7 Å². The summed E-state index contributed by atoms with van der Waals surface area (Å²) in [5, 5.41) is 6.11. The SMILES string of the molecule is COc1ccc(OCC2CC2)c(-c2ncnc3c(C(=O)N[C@H]4CC[C@@H](NC(C)=O)CC4)c[nH]c23)c1. The lowest BCUT2D eigenvalue weighted by Gasteiger charge is -2.29. The Kier molecular flexibility index (Phi) is 6.57. The van der Waals surface area contributed by atoms with Crippen molar-refractivity contribution in [2.45, 2.75) is 57.5 Å². The first-order valence-corrected chi connectivity index (χ1v) is 12.2. The fourth-order valence-corrected chi connectivity index (χ4v) is 4.69. The molecular weight excluding hydrogens is 446 g/mol. The molecule has 2 saturated carbocycles. The number of nitrogens with zero attached hydrogens (tertiary/aromatic N) is 2. The van der Waals surface area contributed by atoms with Crippen molar-refractivity contribution in [2.24, 2.45) is 5.92 Å². The Bertz CT molecular complexity index is 1230. The van der Waals surface area contributed by atoms with E-state index in [1.165, 1.54) is 26.1 Å². The van der Waals surface area contributed by atoms with Crippen LogP contribution in [0.5, 0.6) is 11.5 Å². The highest BCUT2D eigenvalue weighted by molar-refractivity contribution is 6.08. The number of hydrogen-bond acceptors (Lipinski definition) is 6. The number of ether oxygens (including phenoxy) is 2. The lowest BCUT2D eigenvalue weighted by atomic mass is 9.91. The molecule has 5 rings (SSSR count). The van der Waals surface area contributed by atoms with Crippen molar-refractivity contribution in [1.29, 1.82) is 0 Å². The van der Waals surface area contributed by atoms with E-state index >= 15 is 0 Å². The number of methoxy groups -OCH3 is 1. The monoisotopic (exact) mass is 477 g/mol. The van der Waals surface area contributed by atoms with Gasteiger partial charge in [0.15, 0.2) is 0 Å². The highest BCUT2D eigenvalue weighted by Crippen LogP contribution is 2.37. The lowest BCUT2D eigenvalue weighted by Crippen LogP contribution is -2.43. The molecule has 35 heavy (non-hydrogen) atoms. The number of H-pyrrole nitrogens is 1. The zero-order chi connectivity index (χ0) is 24.4. The predicted molar refractivity (Wildman–Crippen MR) is 131 cm³/mol. The van der Waals surface area contributed by atoms with Crippen LogP contribution in [0.2, 0.25) is 0 Å². The lowest BCUT2D eigenvalue weighted by molar-refractivity contribution is -0.119. The summed E-state index contributed by atoms with van der Waals surface area (Å²) in [6.07, 6.45) is 8.92. The molecule has 9 heteroatoms. The number of aromatic nitrogens is 3. The predicted octanol–water partition coefficient (Wildman–Crippen LogP) is 3.60. The van der Waals surface area contributed by atoms with E-state index in [1.807, 2.05) is 18.2 Å². The van der Waals surface area contributed by atoms with E-state index in [-0.39, 0.29) is 23.9 Å². The van der Waals surface area contributed by atoms with Gasteiger partial charge in [-0.2, -0.15) is 0 Å². The van der Waals surface area contributed by atoms with Crippen LogP contribution in [0, 0.1) is 5.92 Å². The minimum Gasteiger partial charge on any atom is -0.497 e. The Morgan fingerprint density at radius 3 is 2.49 bits per heavy atom. The van der Waals surface area contributed by atoms with E-state index in [4.69, 9.17) is 9.47 Å². The van der Waals surface area contributed by atoms with E-state index in [2.05, 4.69) is 25.6 Å². The Morgan fingerprint density at radius 2 is 1.80 bits per heavy atom. The van der Waals surface area contributed by atoms with E-state index in [9.17, 15) is 9.59 Å². The maximum atomic E-state index is 13.1. The summed E-state index contributed by atoms with van der Waals surface area (Å²) in [4.78, 5) is 36.6. The average Bonchev–Trinajstić information content (AvgIpc) is 3.59. The molecule has 0 atom stereocenters. The van der Waals surface area contributed by atoms with Gasteiger partial charge >= 0.3 is 0 Å². The molecule has 3 aromatic rings. The van der Waals surface area contributed by atoms with Crippen molar-refractivity contribution >= 4 is 22.8 Å². The number of carbonyl (C=O) groups is 2. The maximum Gasteiger partial charge on any atom is 0.255 e. The maximum absolute atomic E-state index is 13.1. The minimum absolute atomic E-state index is 0.0103. The molecule has 3 N–H and O–H groups in total. The number of nitrogens with one attached hydrogen (secondary N) is 3. The van der Waals surface area contributed by atoms with Gasteiger partial charge in [0.05, 0.1) is 24.8 Å². The van der Waals surface area contributed by atoms with Crippen LogP contribution in [-0.2, 0) is 4.79 Å². The summed E-state index contributed by atoms with van der Waals surface area (Å²) in [6, 6.07) is 5.93. The summed E-state index contributed by atoms with van der Waals surface area (Å²) in [5.41, 5.74) is 3.18.